The Labute approximate surface area is 122 Å². The number of aromatic nitrogens is 1. The molecule has 21 heavy (non-hydrogen) atoms. The molecule has 0 unspecified atom stereocenters. The molecule has 0 aliphatic rings. The van der Waals surface area contributed by atoms with Crippen LogP contribution in [0.15, 0.2) is 46.9 Å². The van der Waals surface area contributed by atoms with Gasteiger partial charge in [0.05, 0.1) is 5.56 Å². The highest BCUT2D eigenvalue weighted by molar-refractivity contribution is 5.92. The monoisotopic (exact) mass is 281 g/mol. The first kappa shape index (κ1) is 13.4. The molecule has 4 heteroatoms. The minimum atomic E-state index is -0.976. The zero-order valence-electron chi connectivity index (χ0n) is 11.8. The number of aromatic carboxylic acids is 1. The van der Waals surface area contributed by atoms with Gasteiger partial charge in [0.15, 0.2) is 5.58 Å². The average Bonchev–Trinajstić information content (AvgIpc) is 2.90. The molecule has 1 heterocycles. The van der Waals surface area contributed by atoms with E-state index in [0.717, 1.165) is 5.56 Å². The molecule has 0 atom stereocenters. The second kappa shape index (κ2) is 5.05. The Hall–Kier alpha value is -2.62. The lowest BCUT2D eigenvalue weighted by molar-refractivity contribution is 0.0697. The van der Waals surface area contributed by atoms with Gasteiger partial charge in [-0.3, -0.25) is 0 Å². The fourth-order valence-corrected chi connectivity index (χ4v) is 2.19. The van der Waals surface area contributed by atoms with Crippen molar-refractivity contribution in [2.24, 2.45) is 0 Å². The first-order valence-electron chi connectivity index (χ1n) is 6.79. The molecule has 4 nitrogen and oxygen atoms in total. The Bertz CT molecular complexity index is 801. The van der Waals surface area contributed by atoms with Gasteiger partial charge in [-0.1, -0.05) is 26.0 Å². The van der Waals surface area contributed by atoms with E-state index in [-0.39, 0.29) is 5.56 Å². The van der Waals surface area contributed by atoms with Crippen molar-refractivity contribution >= 4 is 17.1 Å². The fourth-order valence-electron chi connectivity index (χ4n) is 2.19. The molecule has 1 N–H and O–H groups in total. The van der Waals surface area contributed by atoms with Crippen LogP contribution in [0.3, 0.4) is 0 Å². The highest BCUT2D eigenvalue weighted by atomic mass is 16.4. The first-order valence-corrected chi connectivity index (χ1v) is 6.79. The highest BCUT2D eigenvalue weighted by Crippen LogP contribution is 2.26. The van der Waals surface area contributed by atoms with Gasteiger partial charge in [0.25, 0.3) is 0 Å². The third-order valence-corrected chi connectivity index (χ3v) is 3.46. The van der Waals surface area contributed by atoms with E-state index in [1.54, 1.807) is 6.07 Å². The molecule has 0 saturated heterocycles. The largest absolute Gasteiger partial charge is 0.478 e. The van der Waals surface area contributed by atoms with Crippen LogP contribution in [0.25, 0.3) is 22.6 Å². The molecule has 3 rings (SSSR count). The predicted molar refractivity (Wildman–Crippen MR) is 80.5 cm³/mol. The summed E-state index contributed by atoms with van der Waals surface area (Å²) >= 11 is 0. The average molecular weight is 281 g/mol. The summed E-state index contributed by atoms with van der Waals surface area (Å²) in [5.74, 6) is -0.000196. The van der Waals surface area contributed by atoms with Gasteiger partial charge in [-0.25, -0.2) is 9.78 Å². The van der Waals surface area contributed by atoms with Gasteiger partial charge < -0.3 is 9.52 Å². The maximum atomic E-state index is 11.0. The zero-order chi connectivity index (χ0) is 15.0. The summed E-state index contributed by atoms with van der Waals surface area (Å²) in [4.78, 5) is 15.4. The Morgan fingerprint density at radius 3 is 2.48 bits per heavy atom. The van der Waals surface area contributed by atoms with Crippen molar-refractivity contribution in [3.8, 4) is 11.5 Å². The Kier molecular flexibility index (Phi) is 3.22. The number of hydrogen-bond acceptors (Lipinski definition) is 3. The van der Waals surface area contributed by atoms with Gasteiger partial charge >= 0.3 is 5.97 Å². The molecule has 106 valence electrons. The van der Waals surface area contributed by atoms with Crippen molar-refractivity contribution in [3.05, 3.63) is 53.6 Å². The Morgan fingerprint density at radius 1 is 1.14 bits per heavy atom. The zero-order valence-corrected chi connectivity index (χ0v) is 11.8. The molecule has 0 aliphatic carbocycles. The molecule has 0 bridgehead atoms. The van der Waals surface area contributed by atoms with Gasteiger partial charge in [-0.05, 0) is 41.8 Å². The van der Waals surface area contributed by atoms with Crippen molar-refractivity contribution < 1.29 is 14.3 Å². The highest BCUT2D eigenvalue weighted by Gasteiger charge is 2.11. The molecule has 0 aliphatic heterocycles. The summed E-state index contributed by atoms with van der Waals surface area (Å²) in [6, 6.07) is 12.7. The first-order chi connectivity index (χ1) is 10.0. The van der Waals surface area contributed by atoms with Crippen molar-refractivity contribution in [1.82, 2.24) is 4.98 Å². The number of nitrogens with zero attached hydrogens (tertiary/aromatic N) is 1. The number of carboxylic acid groups (broad SMARTS) is 1. The van der Waals surface area contributed by atoms with Crippen LogP contribution in [0.2, 0.25) is 0 Å². The van der Waals surface area contributed by atoms with Crippen LogP contribution in [0.5, 0.6) is 0 Å². The minimum absolute atomic E-state index is 0.195. The number of rotatable bonds is 3. The van der Waals surface area contributed by atoms with E-state index in [4.69, 9.17) is 9.52 Å². The quantitative estimate of drug-likeness (QED) is 0.776. The Morgan fingerprint density at radius 2 is 1.86 bits per heavy atom. The smallest absolute Gasteiger partial charge is 0.335 e. The van der Waals surface area contributed by atoms with Crippen molar-refractivity contribution in [2.45, 2.75) is 19.8 Å². The second-order valence-electron chi connectivity index (χ2n) is 5.28. The van der Waals surface area contributed by atoms with Crippen molar-refractivity contribution in [3.63, 3.8) is 0 Å². The minimum Gasteiger partial charge on any atom is -0.478 e. The van der Waals surface area contributed by atoms with E-state index in [0.29, 0.717) is 22.9 Å². The predicted octanol–water partition coefficient (Wildman–Crippen LogP) is 4.32. The van der Waals surface area contributed by atoms with E-state index in [2.05, 4.69) is 31.0 Å². The summed E-state index contributed by atoms with van der Waals surface area (Å²) in [6.07, 6.45) is 0. The van der Waals surface area contributed by atoms with Gasteiger partial charge in [-0.15, -0.1) is 0 Å². The van der Waals surface area contributed by atoms with Crippen LogP contribution in [0, 0.1) is 0 Å². The lowest BCUT2D eigenvalue weighted by Gasteiger charge is -2.04. The van der Waals surface area contributed by atoms with Gasteiger partial charge in [0.1, 0.15) is 5.52 Å². The van der Waals surface area contributed by atoms with Crippen LogP contribution in [-0.4, -0.2) is 16.1 Å². The van der Waals surface area contributed by atoms with Gasteiger partial charge in [0.2, 0.25) is 5.89 Å². The Balaban J connectivity index is 2.02. The number of carbonyl (C=O) groups is 1. The molecule has 2 aromatic carbocycles. The van der Waals surface area contributed by atoms with Crippen molar-refractivity contribution in [2.75, 3.05) is 0 Å². The number of hydrogen-bond donors (Lipinski definition) is 1. The number of benzene rings is 2. The third kappa shape index (κ3) is 2.52. The summed E-state index contributed by atoms with van der Waals surface area (Å²) in [6.45, 7) is 4.28. The number of oxazole rings is 1. The van der Waals surface area contributed by atoms with Gasteiger partial charge in [-0.2, -0.15) is 0 Å². The summed E-state index contributed by atoms with van der Waals surface area (Å²) in [5, 5.41) is 8.99. The van der Waals surface area contributed by atoms with Crippen LogP contribution in [0.1, 0.15) is 35.7 Å². The van der Waals surface area contributed by atoms with E-state index >= 15 is 0 Å². The lowest BCUT2D eigenvalue weighted by Crippen LogP contribution is -1.94. The van der Waals surface area contributed by atoms with Crippen LogP contribution < -0.4 is 0 Å². The molecule has 0 radical (unpaired) electrons. The summed E-state index contributed by atoms with van der Waals surface area (Å²) in [7, 11) is 0. The summed E-state index contributed by atoms with van der Waals surface area (Å²) in [5.41, 5.74) is 3.47. The SMILES string of the molecule is CC(C)c1ccc(-c2nc3ccc(C(=O)O)cc3o2)cc1. The summed E-state index contributed by atoms with van der Waals surface area (Å²) < 4.78 is 5.67. The molecule has 3 aromatic rings. The maximum absolute atomic E-state index is 11.0. The molecular formula is C17H15NO3. The molecule has 0 fully saturated rings. The third-order valence-electron chi connectivity index (χ3n) is 3.46. The normalized spacial score (nSPS) is 11.2. The van der Waals surface area contributed by atoms with Crippen LogP contribution in [-0.2, 0) is 0 Å². The number of fused-ring (bicyclic) bond motifs is 1. The molecule has 1 aromatic heterocycles. The van der Waals surface area contributed by atoms with E-state index in [1.807, 2.05) is 12.1 Å². The topological polar surface area (TPSA) is 63.3 Å². The molecule has 0 saturated carbocycles. The fraction of sp³-hybridized carbons (Fsp3) is 0.176. The standard InChI is InChI=1S/C17H15NO3/c1-10(2)11-3-5-12(6-4-11)16-18-14-8-7-13(17(19)20)9-15(14)21-16/h3-10H,1-2H3,(H,19,20). The van der Waals surface area contributed by atoms with Gasteiger partial charge in [0, 0.05) is 5.56 Å². The second-order valence-corrected chi connectivity index (χ2v) is 5.28. The van der Waals surface area contributed by atoms with E-state index < -0.39 is 5.97 Å². The molecule has 0 spiro atoms. The number of carboxylic acids is 1. The molecular weight excluding hydrogens is 266 g/mol. The van der Waals surface area contributed by atoms with Crippen LogP contribution >= 0.6 is 0 Å². The van der Waals surface area contributed by atoms with Crippen LogP contribution in [0.4, 0.5) is 0 Å². The van der Waals surface area contributed by atoms with Crippen molar-refractivity contribution in [1.29, 1.82) is 0 Å². The maximum Gasteiger partial charge on any atom is 0.335 e. The molecule has 0 amide bonds. The van der Waals surface area contributed by atoms with E-state index in [1.165, 1.54) is 17.7 Å². The van der Waals surface area contributed by atoms with E-state index in [9.17, 15) is 4.79 Å². The lowest BCUT2D eigenvalue weighted by atomic mass is 10.0.